The number of nitrogens with one attached hydrogen (secondary N) is 2. The number of sulfonamides is 1. The fourth-order valence-corrected chi connectivity index (χ4v) is 6.03. The molecule has 186 valence electrons. The van der Waals surface area contributed by atoms with Gasteiger partial charge in [0.2, 0.25) is 5.91 Å². The number of carbonyl (C=O) groups excluding carboxylic acids is 1. The highest BCUT2D eigenvalue weighted by Crippen LogP contribution is 2.33. The summed E-state index contributed by atoms with van der Waals surface area (Å²) in [6, 6.07) is 22.3. The standard InChI is InChI=1S/C27H25Cl2N3O3S/c1-17(26-22(28)9-6-10-23(26)29)27(33)30-18-13-15-19(16-14-18)31-36(34,35)25-12-5-7-20-21(25)8-4-11-24(20)32(2)3/h4-17,31H,1-3H3,(H,30,33). The Balaban J connectivity index is 1.53. The number of rotatable bonds is 7. The van der Waals surface area contributed by atoms with E-state index in [9.17, 15) is 13.2 Å². The monoisotopic (exact) mass is 541 g/mol. The van der Waals surface area contributed by atoms with Gasteiger partial charge in [0.25, 0.3) is 10.0 Å². The first kappa shape index (κ1) is 25.8. The van der Waals surface area contributed by atoms with Gasteiger partial charge >= 0.3 is 0 Å². The Labute approximate surface area is 220 Å². The summed E-state index contributed by atoms with van der Waals surface area (Å²) in [5, 5.41) is 5.13. The van der Waals surface area contributed by atoms with Gasteiger partial charge in [0.1, 0.15) is 0 Å². The third-order valence-corrected chi connectivity index (χ3v) is 7.96. The van der Waals surface area contributed by atoms with Crippen LogP contribution >= 0.6 is 23.2 Å². The van der Waals surface area contributed by atoms with Crippen molar-refractivity contribution in [3.05, 3.63) is 94.5 Å². The molecule has 0 saturated carbocycles. The molecule has 1 unspecified atom stereocenters. The molecule has 0 aliphatic rings. The number of amides is 1. The molecule has 0 radical (unpaired) electrons. The fraction of sp³-hybridized carbons (Fsp3) is 0.148. The van der Waals surface area contributed by atoms with E-state index >= 15 is 0 Å². The minimum absolute atomic E-state index is 0.187. The second kappa shape index (κ2) is 10.4. The van der Waals surface area contributed by atoms with Crippen molar-refractivity contribution in [1.29, 1.82) is 0 Å². The van der Waals surface area contributed by atoms with Gasteiger partial charge in [-0.2, -0.15) is 0 Å². The molecule has 4 rings (SSSR count). The Morgan fingerprint density at radius 1 is 0.806 bits per heavy atom. The van der Waals surface area contributed by atoms with Crippen LogP contribution in [0.25, 0.3) is 10.8 Å². The highest BCUT2D eigenvalue weighted by atomic mass is 35.5. The zero-order chi connectivity index (χ0) is 26.0. The average Bonchev–Trinajstić information content (AvgIpc) is 2.84. The number of nitrogens with zero attached hydrogens (tertiary/aromatic N) is 1. The molecule has 0 aromatic heterocycles. The third-order valence-electron chi connectivity index (χ3n) is 5.86. The van der Waals surface area contributed by atoms with Gasteiger partial charge in [-0.3, -0.25) is 9.52 Å². The molecule has 0 saturated heterocycles. The number of carbonyl (C=O) groups is 1. The summed E-state index contributed by atoms with van der Waals surface area (Å²) in [7, 11) is -0.0325. The summed E-state index contributed by atoms with van der Waals surface area (Å²) < 4.78 is 29.1. The van der Waals surface area contributed by atoms with Gasteiger partial charge in [-0.1, -0.05) is 53.5 Å². The second-order valence-corrected chi connectivity index (χ2v) is 11.0. The Hall–Kier alpha value is -3.26. The lowest BCUT2D eigenvalue weighted by molar-refractivity contribution is -0.117. The summed E-state index contributed by atoms with van der Waals surface area (Å²) >= 11 is 12.5. The minimum Gasteiger partial charge on any atom is -0.377 e. The molecule has 0 aliphatic heterocycles. The lowest BCUT2D eigenvalue weighted by Crippen LogP contribution is -2.19. The zero-order valence-electron chi connectivity index (χ0n) is 19.9. The predicted molar refractivity (Wildman–Crippen MR) is 149 cm³/mol. The van der Waals surface area contributed by atoms with E-state index in [1.807, 2.05) is 37.2 Å². The predicted octanol–water partition coefficient (Wildman–Crippen LogP) is 6.76. The van der Waals surface area contributed by atoms with Crippen molar-refractivity contribution in [2.75, 3.05) is 29.0 Å². The summed E-state index contributed by atoms with van der Waals surface area (Å²) in [5.41, 5.74) is 2.36. The zero-order valence-corrected chi connectivity index (χ0v) is 22.2. The molecule has 4 aromatic rings. The van der Waals surface area contributed by atoms with E-state index in [1.54, 1.807) is 67.6 Å². The molecule has 4 aromatic carbocycles. The summed E-state index contributed by atoms with van der Waals surface area (Å²) in [6.45, 7) is 1.72. The van der Waals surface area contributed by atoms with E-state index in [0.717, 1.165) is 11.1 Å². The number of halogens is 2. The van der Waals surface area contributed by atoms with Crippen molar-refractivity contribution in [2.24, 2.45) is 0 Å². The Morgan fingerprint density at radius 2 is 1.36 bits per heavy atom. The lowest BCUT2D eigenvalue weighted by atomic mass is 10.00. The van der Waals surface area contributed by atoms with Gasteiger partial charge in [-0.15, -0.1) is 0 Å². The number of hydrogen-bond donors (Lipinski definition) is 2. The van der Waals surface area contributed by atoms with Gasteiger partial charge < -0.3 is 10.2 Å². The normalized spacial score (nSPS) is 12.2. The van der Waals surface area contributed by atoms with Crippen LogP contribution in [0.3, 0.4) is 0 Å². The molecule has 0 aliphatic carbocycles. The van der Waals surface area contributed by atoms with Crippen molar-refractivity contribution in [1.82, 2.24) is 0 Å². The van der Waals surface area contributed by atoms with Crippen LogP contribution in [0.1, 0.15) is 18.4 Å². The molecule has 36 heavy (non-hydrogen) atoms. The van der Waals surface area contributed by atoms with E-state index in [1.165, 1.54) is 0 Å². The molecule has 1 atom stereocenters. The van der Waals surface area contributed by atoms with Crippen molar-refractivity contribution in [3.63, 3.8) is 0 Å². The summed E-state index contributed by atoms with van der Waals surface area (Å²) in [4.78, 5) is 14.9. The first-order chi connectivity index (χ1) is 17.1. The first-order valence-corrected chi connectivity index (χ1v) is 13.4. The van der Waals surface area contributed by atoms with Crippen LogP contribution in [0.4, 0.5) is 17.1 Å². The summed E-state index contributed by atoms with van der Waals surface area (Å²) in [6.07, 6.45) is 0. The SMILES string of the molecule is CC(C(=O)Nc1ccc(NS(=O)(=O)c2cccc3c(N(C)C)cccc23)cc1)c1c(Cl)cccc1Cl. The van der Waals surface area contributed by atoms with E-state index in [0.29, 0.717) is 32.4 Å². The maximum absolute atomic E-state index is 13.2. The highest BCUT2D eigenvalue weighted by molar-refractivity contribution is 7.93. The van der Waals surface area contributed by atoms with Crippen LogP contribution in [-0.2, 0) is 14.8 Å². The smallest absolute Gasteiger partial charge is 0.262 e. The highest BCUT2D eigenvalue weighted by Gasteiger charge is 2.22. The van der Waals surface area contributed by atoms with Crippen molar-refractivity contribution in [2.45, 2.75) is 17.7 Å². The number of hydrogen-bond acceptors (Lipinski definition) is 4. The minimum atomic E-state index is -3.86. The number of fused-ring (bicyclic) bond motifs is 1. The molecule has 9 heteroatoms. The van der Waals surface area contributed by atoms with Crippen LogP contribution in [0.15, 0.2) is 83.8 Å². The number of anilines is 3. The molecule has 6 nitrogen and oxygen atoms in total. The average molecular weight is 542 g/mol. The molecular formula is C27H25Cl2N3O3S. The third kappa shape index (κ3) is 5.28. The quantitative estimate of drug-likeness (QED) is 0.271. The maximum atomic E-state index is 13.2. The van der Waals surface area contributed by atoms with Crippen molar-refractivity contribution in [3.8, 4) is 0 Å². The largest absolute Gasteiger partial charge is 0.377 e. The van der Waals surface area contributed by atoms with Crippen LogP contribution in [0.5, 0.6) is 0 Å². The number of benzene rings is 4. The molecular weight excluding hydrogens is 517 g/mol. The Kier molecular flexibility index (Phi) is 7.45. The molecule has 0 fully saturated rings. The van der Waals surface area contributed by atoms with Gasteiger partial charge in [0.05, 0.1) is 10.8 Å². The van der Waals surface area contributed by atoms with Gasteiger partial charge in [0, 0.05) is 57.5 Å². The topological polar surface area (TPSA) is 78.5 Å². The van der Waals surface area contributed by atoms with Gasteiger partial charge in [-0.05, 0) is 55.5 Å². The van der Waals surface area contributed by atoms with Crippen molar-refractivity contribution >= 4 is 67.0 Å². The van der Waals surface area contributed by atoms with E-state index < -0.39 is 15.9 Å². The Bertz CT molecular complexity index is 1520. The van der Waals surface area contributed by atoms with E-state index in [-0.39, 0.29) is 10.8 Å². The first-order valence-electron chi connectivity index (χ1n) is 11.1. The molecule has 0 bridgehead atoms. The molecule has 1 amide bonds. The van der Waals surface area contributed by atoms with E-state index in [4.69, 9.17) is 23.2 Å². The van der Waals surface area contributed by atoms with Crippen LogP contribution < -0.4 is 14.9 Å². The summed E-state index contributed by atoms with van der Waals surface area (Å²) in [5.74, 6) is -0.867. The van der Waals surface area contributed by atoms with Gasteiger partial charge in [0.15, 0.2) is 0 Å². The van der Waals surface area contributed by atoms with Crippen LogP contribution in [0, 0.1) is 0 Å². The molecule has 0 spiro atoms. The van der Waals surface area contributed by atoms with Crippen molar-refractivity contribution < 1.29 is 13.2 Å². The van der Waals surface area contributed by atoms with E-state index in [2.05, 4.69) is 10.0 Å². The maximum Gasteiger partial charge on any atom is 0.262 e. The molecule has 0 heterocycles. The van der Waals surface area contributed by atoms with Crippen LogP contribution in [0.2, 0.25) is 10.0 Å². The fourth-order valence-electron chi connectivity index (χ4n) is 4.03. The lowest BCUT2D eigenvalue weighted by Gasteiger charge is -2.17. The van der Waals surface area contributed by atoms with Crippen LogP contribution in [-0.4, -0.2) is 28.4 Å². The molecule has 2 N–H and O–H groups in total. The Morgan fingerprint density at radius 3 is 2.00 bits per heavy atom. The second-order valence-electron chi connectivity index (χ2n) is 8.55. The van der Waals surface area contributed by atoms with Gasteiger partial charge in [-0.25, -0.2) is 8.42 Å².